The van der Waals surface area contributed by atoms with Gasteiger partial charge in [-0.15, -0.1) is 0 Å². The van der Waals surface area contributed by atoms with Crippen LogP contribution in [0.15, 0.2) is 48.5 Å². The summed E-state index contributed by atoms with van der Waals surface area (Å²) in [5.74, 6) is -0.300. The zero-order valence-corrected chi connectivity index (χ0v) is 19.5. The number of alkyl halides is 3. The molecule has 34 heavy (non-hydrogen) atoms. The first kappa shape index (κ1) is 25.0. The third-order valence-electron chi connectivity index (χ3n) is 5.61. The van der Waals surface area contributed by atoms with Crippen LogP contribution in [0.2, 0.25) is 0 Å². The van der Waals surface area contributed by atoms with Crippen LogP contribution in [0.1, 0.15) is 41.9 Å². The van der Waals surface area contributed by atoms with Gasteiger partial charge < -0.3 is 10.2 Å². The number of aromatic nitrogens is 2. The molecular formula is C25H27F3N4O2. The molecule has 1 N–H and O–H groups in total. The molecule has 0 fully saturated rings. The summed E-state index contributed by atoms with van der Waals surface area (Å²) >= 11 is 0. The molecule has 180 valence electrons. The number of anilines is 1. The van der Waals surface area contributed by atoms with Crippen molar-refractivity contribution in [2.75, 3.05) is 11.9 Å². The molecule has 0 aliphatic heterocycles. The number of carbonyl (C=O) groups excluding carboxylic acids is 2. The molecule has 0 saturated heterocycles. The van der Waals surface area contributed by atoms with E-state index in [-0.39, 0.29) is 23.9 Å². The first-order valence-corrected chi connectivity index (χ1v) is 10.9. The molecule has 0 bridgehead atoms. The van der Waals surface area contributed by atoms with Gasteiger partial charge in [0.15, 0.2) is 0 Å². The summed E-state index contributed by atoms with van der Waals surface area (Å²) < 4.78 is 40.7. The summed E-state index contributed by atoms with van der Waals surface area (Å²) in [4.78, 5) is 26.1. The van der Waals surface area contributed by atoms with Gasteiger partial charge >= 0.3 is 6.18 Å². The zero-order chi connectivity index (χ0) is 25.0. The number of nitrogens with zero attached hydrogens (tertiary/aromatic N) is 3. The Morgan fingerprint density at radius 3 is 2.44 bits per heavy atom. The van der Waals surface area contributed by atoms with Crippen molar-refractivity contribution in [1.29, 1.82) is 0 Å². The number of aryl methyl sites for hydroxylation is 1. The fraction of sp³-hybridized carbons (Fsp3) is 0.320. The topological polar surface area (TPSA) is 67.2 Å². The van der Waals surface area contributed by atoms with Gasteiger partial charge in [0, 0.05) is 37.0 Å². The first-order chi connectivity index (χ1) is 16.0. The van der Waals surface area contributed by atoms with Crippen LogP contribution in [0.3, 0.4) is 0 Å². The maximum absolute atomic E-state index is 13.1. The summed E-state index contributed by atoms with van der Waals surface area (Å²) in [6, 6.07) is 12.2. The van der Waals surface area contributed by atoms with Crippen molar-refractivity contribution in [2.24, 2.45) is 0 Å². The number of benzene rings is 2. The third-order valence-corrected chi connectivity index (χ3v) is 5.61. The molecule has 2 amide bonds. The van der Waals surface area contributed by atoms with Crippen molar-refractivity contribution < 1.29 is 22.8 Å². The zero-order valence-electron chi connectivity index (χ0n) is 19.5. The second-order valence-corrected chi connectivity index (χ2v) is 8.07. The normalized spacial score (nSPS) is 11.4. The van der Waals surface area contributed by atoms with Crippen molar-refractivity contribution in [1.82, 2.24) is 14.7 Å². The second kappa shape index (κ2) is 10.1. The van der Waals surface area contributed by atoms with Gasteiger partial charge in [-0.25, -0.2) is 4.68 Å². The fourth-order valence-corrected chi connectivity index (χ4v) is 3.78. The molecule has 0 aliphatic carbocycles. The number of halogens is 3. The van der Waals surface area contributed by atoms with Crippen LogP contribution in [0.25, 0.3) is 5.69 Å². The van der Waals surface area contributed by atoms with Gasteiger partial charge in [0.05, 0.1) is 23.4 Å². The first-order valence-electron chi connectivity index (χ1n) is 10.9. The van der Waals surface area contributed by atoms with Crippen LogP contribution >= 0.6 is 0 Å². The van der Waals surface area contributed by atoms with E-state index < -0.39 is 11.7 Å². The van der Waals surface area contributed by atoms with E-state index in [2.05, 4.69) is 10.4 Å². The van der Waals surface area contributed by atoms with Crippen molar-refractivity contribution in [3.05, 3.63) is 76.6 Å². The highest BCUT2D eigenvalue weighted by atomic mass is 19.4. The molecule has 1 aromatic heterocycles. The monoisotopic (exact) mass is 472 g/mol. The van der Waals surface area contributed by atoms with E-state index in [4.69, 9.17) is 0 Å². The summed E-state index contributed by atoms with van der Waals surface area (Å²) in [7, 11) is 0. The van der Waals surface area contributed by atoms with E-state index in [1.165, 1.54) is 17.7 Å². The van der Waals surface area contributed by atoms with Gasteiger partial charge in [0.1, 0.15) is 0 Å². The molecule has 0 saturated carbocycles. The average molecular weight is 473 g/mol. The lowest BCUT2D eigenvalue weighted by Gasteiger charge is -2.19. The number of hydrogen-bond donors (Lipinski definition) is 1. The molecule has 0 spiro atoms. The van der Waals surface area contributed by atoms with Crippen LogP contribution in [-0.4, -0.2) is 33.0 Å². The van der Waals surface area contributed by atoms with E-state index in [1.807, 2.05) is 19.1 Å². The largest absolute Gasteiger partial charge is 0.416 e. The van der Waals surface area contributed by atoms with Crippen molar-refractivity contribution in [2.45, 2.75) is 46.8 Å². The van der Waals surface area contributed by atoms with E-state index in [0.717, 1.165) is 17.7 Å². The standard InChI is InChI=1S/C25H27F3N4O2/c1-5-31(18(4)33)15-19-8-6-10-21(12-19)29-24(34)14-23-16(2)30-32(17(23)3)22-11-7-9-20(13-22)25(26,27)28/h6-13H,5,14-15H2,1-4H3,(H,29,34). The molecular weight excluding hydrogens is 445 g/mol. The summed E-state index contributed by atoms with van der Waals surface area (Å²) in [5.41, 5.74) is 2.82. The lowest BCUT2D eigenvalue weighted by Crippen LogP contribution is -2.27. The molecule has 0 aliphatic rings. The Labute approximate surface area is 196 Å². The number of rotatable bonds is 7. The molecule has 9 heteroatoms. The number of carbonyl (C=O) groups is 2. The smallest absolute Gasteiger partial charge is 0.339 e. The molecule has 3 rings (SSSR count). The minimum atomic E-state index is -4.46. The average Bonchev–Trinajstić information content (AvgIpc) is 3.05. The van der Waals surface area contributed by atoms with Crippen LogP contribution < -0.4 is 5.32 Å². The molecule has 0 atom stereocenters. The quantitative estimate of drug-likeness (QED) is 0.523. The Bertz CT molecular complexity index is 1200. The predicted octanol–water partition coefficient (Wildman–Crippen LogP) is 5.06. The SMILES string of the molecule is CCN(Cc1cccc(NC(=O)Cc2c(C)nn(-c3cccc(C(F)(F)F)c3)c2C)c1)C(C)=O. The highest BCUT2D eigenvalue weighted by molar-refractivity contribution is 5.92. The lowest BCUT2D eigenvalue weighted by atomic mass is 10.1. The maximum atomic E-state index is 13.1. The molecule has 2 aromatic carbocycles. The molecule has 0 radical (unpaired) electrons. The third kappa shape index (κ3) is 5.84. The molecule has 0 unspecified atom stereocenters. The lowest BCUT2D eigenvalue weighted by molar-refractivity contribution is -0.137. The number of nitrogens with one attached hydrogen (secondary N) is 1. The molecule has 3 aromatic rings. The van der Waals surface area contributed by atoms with Crippen molar-refractivity contribution >= 4 is 17.5 Å². The van der Waals surface area contributed by atoms with E-state index in [9.17, 15) is 22.8 Å². The maximum Gasteiger partial charge on any atom is 0.416 e. The Kier molecular flexibility index (Phi) is 7.44. The minimum absolute atomic E-state index is 0.0232. The Morgan fingerprint density at radius 2 is 1.79 bits per heavy atom. The van der Waals surface area contributed by atoms with Gasteiger partial charge in [-0.3, -0.25) is 9.59 Å². The summed E-state index contributed by atoms with van der Waals surface area (Å²) in [5, 5.41) is 7.22. The minimum Gasteiger partial charge on any atom is -0.339 e. The molecule has 1 heterocycles. The highest BCUT2D eigenvalue weighted by Crippen LogP contribution is 2.31. The van der Waals surface area contributed by atoms with E-state index >= 15 is 0 Å². The van der Waals surface area contributed by atoms with Gasteiger partial charge in [0.25, 0.3) is 0 Å². The van der Waals surface area contributed by atoms with Gasteiger partial charge in [0.2, 0.25) is 11.8 Å². The Hall–Kier alpha value is -3.62. The van der Waals surface area contributed by atoms with Crippen molar-refractivity contribution in [3.8, 4) is 5.69 Å². The van der Waals surface area contributed by atoms with Gasteiger partial charge in [-0.2, -0.15) is 18.3 Å². The summed E-state index contributed by atoms with van der Waals surface area (Å²) in [6.45, 7) is 7.89. The van der Waals surface area contributed by atoms with Crippen LogP contribution in [-0.2, 0) is 28.7 Å². The predicted molar refractivity (Wildman–Crippen MR) is 124 cm³/mol. The number of amides is 2. The molecule has 6 nitrogen and oxygen atoms in total. The fourth-order valence-electron chi connectivity index (χ4n) is 3.78. The van der Waals surface area contributed by atoms with Gasteiger partial charge in [-0.05, 0) is 56.7 Å². The highest BCUT2D eigenvalue weighted by Gasteiger charge is 2.30. The number of hydrogen-bond acceptors (Lipinski definition) is 3. The Morgan fingerprint density at radius 1 is 1.09 bits per heavy atom. The summed E-state index contributed by atoms with van der Waals surface area (Å²) in [6.07, 6.45) is -4.43. The van der Waals surface area contributed by atoms with Crippen LogP contribution in [0.4, 0.5) is 18.9 Å². The second-order valence-electron chi connectivity index (χ2n) is 8.07. The van der Waals surface area contributed by atoms with E-state index in [1.54, 1.807) is 36.9 Å². The Balaban J connectivity index is 1.76. The van der Waals surface area contributed by atoms with E-state index in [0.29, 0.717) is 35.7 Å². The van der Waals surface area contributed by atoms with Crippen LogP contribution in [0, 0.1) is 13.8 Å². The van der Waals surface area contributed by atoms with Crippen LogP contribution in [0.5, 0.6) is 0 Å². The van der Waals surface area contributed by atoms with Gasteiger partial charge in [-0.1, -0.05) is 18.2 Å². The van der Waals surface area contributed by atoms with Crippen molar-refractivity contribution in [3.63, 3.8) is 0 Å².